The standard InChI is InChI=1S/C12H18ClNO4S/c1-9(2)18-6-5-14-19(16,17)11-3-4-12(13)10(7-11)8-15/h3-4,7,9,14-15H,5-6,8H2,1-2H3. The minimum Gasteiger partial charge on any atom is -0.392 e. The summed E-state index contributed by atoms with van der Waals surface area (Å²) in [5, 5.41) is 9.40. The molecule has 0 radical (unpaired) electrons. The number of benzene rings is 1. The van der Waals surface area contributed by atoms with Crippen LogP contribution < -0.4 is 4.72 Å². The molecule has 5 nitrogen and oxygen atoms in total. The summed E-state index contributed by atoms with van der Waals surface area (Å²) in [5.74, 6) is 0. The van der Waals surface area contributed by atoms with Crippen LogP contribution >= 0.6 is 11.6 Å². The molecule has 108 valence electrons. The van der Waals surface area contributed by atoms with E-state index in [1.54, 1.807) is 0 Å². The van der Waals surface area contributed by atoms with Gasteiger partial charge >= 0.3 is 0 Å². The van der Waals surface area contributed by atoms with Gasteiger partial charge in [-0.1, -0.05) is 11.6 Å². The maximum Gasteiger partial charge on any atom is 0.240 e. The third-order valence-electron chi connectivity index (χ3n) is 2.34. The van der Waals surface area contributed by atoms with E-state index in [-0.39, 0.29) is 24.2 Å². The molecule has 0 spiro atoms. The molecule has 1 rings (SSSR count). The van der Waals surface area contributed by atoms with Crippen LogP contribution in [-0.4, -0.2) is 32.8 Å². The molecule has 0 aliphatic carbocycles. The van der Waals surface area contributed by atoms with E-state index >= 15 is 0 Å². The summed E-state index contributed by atoms with van der Waals surface area (Å²) in [7, 11) is -3.61. The fourth-order valence-corrected chi connectivity index (χ4v) is 2.63. The Balaban J connectivity index is 2.72. The second-order valence-electron chi connectivity index (χ2n) is 4.23. The monoisotopic (exact) mass is 307 g/mol. The molecule has 0 aliphatic heterocycles. The van der Waals surface area contributed by atoms with Gasteiger partial charge in [-0.2, -0.15) is 0 Å². The van der Waals surface area contributed by atoms with Gasteiger partial charge in [0.2, 0.25) is 10.0 Å². The number of rotatable bonds is 7. The van der Waals surface area contributed by atoms with Crippen molar-refractivity contribution in [3.8, 4) is 0 Å². The molecule has 2 N–H and O–H groups in total. The number of aliphatic hydroxyl groups is 1. The highest BCUT2D eigenvalue weighted by molar-refractivity contribution is 7.89. The Hall–Kier alpha value is -0.660. The summed E-state index contributed by atoms with van der Waals surface area (Å²) in [6.45, 7) is 3.94. The molecule has 0 aromatic heterocycles. The lowest BCUT2D eigenvalue weighted by atomic mass is 10.2. The summed E-state index contributed by atoms with van der Waals surface area (Å²) < 4.78 is 31.6. The molecular weight excluding hydrogens is 290 g/mol. The molecule has 0 saturated carbocycles. The van der Waals surface area contributed by atoms with Gasteiger partial charge in [0.05, 0.1) is 24.2 Å². The second-order valence-corrected chi connectivity index (χ2v) is 6.40. The van der Waals surface area contributed by atoms with Crippen molar-refractivity contribution in [3.63, 3.8) is 0 Å². The smallest absolute Gasteiger partial charge is 0.240 e. The van der Waals surface area contributed by atoms with Crippen LogP contribution in [0.1, 0.15) is 19.4 Å². The number of ether oxygens (including phenoxy) is 1. The molecular formula is C12H18ClNO4S. The van der Waals surface area contributed by atoms with E-state index in [1.807, 2.05) is 13.8 Å². The van der Waals surface area contributed by atoms with E-state index in [0.717, 1.165) is 0 Å². The van der Waals surface area contributed by atoms with Gasteiger partial charge in [-0.05, 0) is 37.6 Å². The first kappa shape index (κ1) is 16.4. The van der Waals surface area contributed by atoms with Crippen molar-refractivity contribution < 1.29 is 18.3 Å². The number of aliphatic hydroxyl groups excluding tert-OH is 1. The summed E-state index contributed by atoms with van der Waals surface area (Å²) >= 11 is 5.81. The summed E-state index contributed by atoms with van der Waals surface area (Å²) in [4.78, 5) is 0.0745. The highest BCUT2D eigenvalue weighted by Crippen LogP contribution is 2.20. The summed E-state index contributed by atoms with van der Waals surface area (Å²) in [6.07, 6.45) is 0.0565. The Labute approximate surface area is 118 Å². The zero-order valence-electron chi connectivity index (χ0n) is 10.9. The highest BCUT2D eigenvalue weighted by atomic mass is 35.5. The van der Waals surface area contributed by atoms with Crippen LogP contribution in [0.3, 0.4) is 0 Å². The van der Waals surface area contributed by atoms with Gasteiger partial charge in [-0.3, -0.25) is 0 Å². The lowest BCUT2D eigenvalue weighted by molar-refractivity contribution is 0.0834. The molecule has 0 unspecified atom stereocenters. The minimum absolute atomic E-state index is 0.0565. The van der Waals surface area contributed by atoms with Crippen molar-refractivity contribution in [2.45, 2.75) is 31.5 Å². The number of hydrogen-bond acceptors (Lipinski definition) is 4. The lowest BCUT2D eigenvalue weighted by Gasteiger charge is -2.10. The van der Waals surface area contributed by atoms with Crippen LogP contribution in [0.15, 0.2) is 23.1 Å². The summed E-state index contributed by atoms with van der Waals surface area (Å²) in [6, 6.07) is 4.20. The number of halogens is 1. The van der Waals surface area contributed by atoms with Crippen LogP contribution in [0.4, 0.5) is 0 Å². The quantitative estimate of drug-likeness (QED) is 0.749. The van der Waals surface area contributed by atoms with Crippen molar-refractivity contribution in [2.75, 3.05) is 13.2 Å². The number of hydrogen-bond donors (Lipinski definition) is 2. The van der Waals surface area contributed by atoms with Gasteiger partial charge in [0.15, 0.2) is 0 Å². The molecule has 0 amide bonds. The molecule has 0 aliphatic rings. The third kappa shape index (κ3) is 5.08. The molecule has 0 atom stereocenters. The second kappa shape index (κ2) is 7.21. The molecule has 1 aromatic carbocycles. The van der Waals surface area contributed by atoms with Crippen molar-refractivity contribution in [3.05, 3.63) is 28.8 Å². The van der Waals surface area contributed by atoms with Crippen molar-refractivity contribution in [1.82, 2.24) is 4.72 Å². The Bertz CT molecular complexity index is 516. The normalized spacial score (nSPS) is 12.1. The lowest BCUT2D eigenvalue weighted by Crippen LogP contribution is -2.28. The summed E-state index contributed by atoms with van der Waals surface area (Å²) in [5.41, 5.74) is 0.378. The topological polar surface area (TPSA) is 75.6 Å². The molecule has 1 aromatic rings. The van der Waals surface area contributed by atoms with Crippen LogP contribution in [-0.2, 0) is 21.4 Å². The zero-order chi connectivity index (χ0) is 14.5. The van der Waals surface area contributed by atoms with Crippen LogP contribution in [0, 0.1) is 0 Å². The Morgan fingerprint density at radius 1 is 1.42 bits per heavy atom. The third-order valence-corrected chi connectivity index (χ3v) is 4.17. The van der Waals surface area contributed by atoms with Gasteiger partial charge in [0.25, 0.3) is 0 Å². The van der Waals surface area contributed by atoms with Crippen LogP contribution in [0.25, 0.3) is 0 Å². The molecule has 19 heavy (non-hydrogen) atoms. The maximum absolute atomic E-state index is 12.0. The average molecular weight is 308 g/mol. The van der Waals surface area contributed by atoms with Crippen molar-refractivity contribution >= 4 is 21.6 Å². The number of sulfonamides is 1. The first-order valence-corrected chi connectivity index (χ1v) is 7.73. The largest absolute Gasteiger partial charge is 0.392 e. The van der Waals surface area contributed by atoms with E-state index in [0.29, 0.717) is 17.2 Å². The van der Waals surface area contributed by atoms with Gasteiger partial charge in [0, 0.05) is 11.6 Å². The molecule has 0 fully saturated rings. The van der Waals surface area contributed by atoms with E-state index in [4.69, 9.17) is 21.4 Å². The Morgan fingerprint density at radius 3 is 2.68 bits per heavy atom. The van der Waals surface area contributed by atoms with Gasteiger partial charge < -0.3 is 9.84 Å². The molecule has 0 heterocycles. The zero-order valence-corrected chi connectivity index (χ0v) is 12.5. The molecule has 7 heteroatoms. The van der Waals surface area contributed by atoms with Gasteiger partial charge in [-0.15, -0.1) is 0 Å². The van der Waals surface area contributed by atoms with Crippen molar-refractivity contribution in [1.29, 1.82) is 0 Å². The van der Waals surface area contributed by atoms with Crippen molar-refractivity contribution in [2.24, 2.45) is 0 Å². The SMILES string of the molecule is CC(C)OCCNS(=O)(=O)c1ccc(Cl)c(CO)c1. The fourth-order valence-electron chi connectivity index (χ4n) is 1.39. The van der Waals surface area contributed by atoms with Crippen LogP contribution in [0.5, 0.6) is 0 Å². The van der Waals surface area contributed by atoms with E-state index in [2.05, 4.69) is 4.72 Å². The predicted octanol–water partition coefficient (Wildman–Crippen LogP) is 1.54. The maximum atomic E-state index is 12.0. The fraction of sp³-hybridized carbons (Fsp3) is 0.500. The Morgan fingerprint density at radius 2 is 2.11 bits per heavy atom. The molecule has 0 saturated heterocycles. The van der Waals surface area contributed by atoms with Gasteiger partial charge in [0.1, 0.15) is 0 Å². The molecule has 0 bridgehead atoms. The van der Waals surface area contributed by atoms with E-state index < -0.39 is 10.0 Å². The highest BCUT2D eigenvalue weighted by Gasteiger charge is 2.15. The minimum atomic E-state index is -3.61. The van der Waals surface area contributed by atoms with E-state index in [9.17, 15) is 8.42 Å². The first-order valence-electron chi connectivity index (χ1n) is 5.87. The van der Waals surface area contributed by atoms with Crippen LogP contribution in [0.2, 0.25) is 5.02 Å². The van der Waals surface area contributed by atoms with E-state index in [1.165, 1.54) is 18.2 Å². The average Bonchev–Trinajstić information content (AvgIpc) is 2.35. The van der Waals surface area contributed by atoms with Gasteiger partial charge in [-0.25, -0.2) is 13.1 Å². The first-order chi connectivity index (χ1) is 8.86. The Kier molecular flexibility index (Phi) is 6.22. The number of nitrogens with one attached hydrogen (secondary N) is 1. The predicted molar refractivity (Wildman–Crippen MR) is 73.7 cm³/mol.